The second-order valence-electron chi connectivity index (χ2n) is 6.65. The van der Waals surface area contributed by atoms with Crippen LogP contribution in [-0.2, 0) is 16.1 Å². The van der Waals surface area contributed by atoms with E-state index in [4.69, 9.17) is 4.74 Å². The lowest BCUT2D eigenvalue weighted by Gasteiger charge is -2.38. The van der Waals surface area contributed by atoms with Gasteiger partial charge in [-0.3, -0.25) is 0 Å². The number of nitrogens with one attached hydrogen (secondary N) is 1. The highest BCUT2D eigenvalue weighted by Gasteiger charge is 2.35. The van der Waals surface area contributed by atoms with E-state index in [1.165, 1.54) is 19.2 Å². The van der Waals surface area contributed by atoms with Crippen molar-refractivity contribution in [2.45, 2.75) is 19.5 Å². The number of benzene rings is 2. The fourth-order valence-corrected chi connectivity index (χ4v) is 3.35. The molecule has 0 fully saturated rings. The largest absolute Gasteiger partial charge is 0.466 e. The number of allylic oxidation sites excluding steroid dienone is 1. The molecule has 0 saturated heterocycles. The van der Waals surface area contributed by atoms with E-state index < -0.39 is 12.0 Å². The predicted octanol–water partition coefficient (Wildman–Crippen LogP) is 3.96. The van der Waals surface area contributed by atoms with E-state index in [9.17, 15) is 9.18 Å². The number of nitrogens with zero attached hydrogens (tertiary/aromatic N) is 2. The molecule has 0 amide bonds. The maximum Gasteiger partial charge on any atom is 0.337 e. The van der Waals surface area contributed by atoms with Gasteiger partial charge in [0.2, 0.25) is 0 Å². The molecular formula is C23H24FN3O2. The molecule has 2 aromatic carbocycles. The fraction of sp³-hybridized carbons (Fsp3) is 0.217. The van der Waals surface area contributed by atoms with Crippen molar-refractivity contribution in [3.8, 4) is 0 Å². The average molecular weight is 393 g/mol. The average Bonchev–Trinajstić information content (AvgIpc) is 2.74. The van der Waals surface area contributed by atoms with Crippen LogP contribution < -0.4 is 5.32 Å². The van der Waals surface area contributed by atoms with E-state index in [2.05, 4.69) is 16.9 Å². The maximum absolute atomic E-state index is 13.9. The van der Waals surface area contributed by atoms with Gasteiger partial charge in [-0.1, -0.05) is 48.5 Å². The van der Waals surface area contributed by atoms with Crippen LogP contribution in [0.4, 0.5) is 4.39 Å². The van der Waals surface area contributed by atoms with Gasteiger partial charge < -0.3 is 15.0 Å². The summed E-state index contributed by atoms with van der Waals surface area (Å²) in [5.74, 6) is -0.249. The van der Waals surface area contributed by atoms with Gasteiger partial charge in [0.1, 0.15) is 5.82 Å². The molecule has 1 aliphatic rings. The van der Waals surface area contributed by atoms with E-state index in [1.54, 1.807) is 18.2 Å². The van der Waals surface area contributed by atoms with E-state index in [-0.39, 0.29) is 5.82 Å². The van der Waals surface area contributed by atoms with Gasteiger partial charge in [-0.2, -0.15) is 0 Å². The van der Waals surface area contributed by atoms with Crippen molar-refractivity contribution in [3.63, 3.8) is 0 Å². The summed E-state index contributed by atoms with van der Waals surface area (Å²) >= 11 is 0. The van der Waals surface area contributed by atoms with Crippen LogP contribution in [0.3, 0.4) is 0 Å². The van der Waals surface area contributed by atoms with E-state index >= 15 is 0 Å². The smallest absolute Gasteiger partial charge is 0.337 e. The summed E-state index contributed by atoms with van der Waals surface area (Å²) in [5, 5.41) is 3.30. The van der Waals surface area contributed by atoms with Gasteiger partial charge in [-0.25, -0.2) is 14.2 Å². The van der Waals surface area contributed by atoms with Gasteiger partial charge in [0.15, 0.2) is 5.96 Å². The maximum atomic E-state index is 13.9. The highest BCUT2D eigenvalue weighted by molar-refractivity contribution is 5.96. The monoisotopic (exact) mass is 393 g/mol. The number of carbonyl (C=O) groups excluding carboxylic acids is 1. The van der Waals surface area contributed by atoms with Crippen LogP contribution in [0.5, 0.6) is 0 Å². The molecule has 0 saturated carbocycles. The van der Waals surface area contributed by atoms with Crippen LogP contribution in [0, 0.1) is 5.82 Å². The molecule has 0 aliphatic carbocycles. The number of esters is 1. The molecular weight excluding hydrogens is 369 g/mol. The Bertz CT molecular complexity index is 954. The third-order valence-electron chi connectivity index (χ3n) is 4.75. The summed E-state index contributed by atoms with van der Waals surface area (Å²) in [6.45, 7) is 6.51. The van der Waals surface area contributed by atoms with Crippen LogP contribution >= 0.6 is 0 Å². The number of hydrogen-bond acceptors (Lipinski definition) is 3. The molecule has 1 N–H and O–H groups in total. The van der Waals surface area contributed by atoms with Crippen molar-refractivity contribution in [3.05, 3.63) is 95.5 Å². The standard InChI is InChI=1S/C23H24FN3O2/c1-4-13-25-23-26-21(18-11-8-12-19(24)14-18)20(22(28)29-3)16(2)27(23)15-17-9-6-5-7-10-17/h4-12,14,21H,1,13,15H2,2-3H3,(H,25,26). The van der Waals surface area contributed by atoms with Gasteiger partial charge in [0.25, 0.3) is 0 Å². The Hall–Kier alpha value is -3.41. The lowest BCUT2D eigenvalue weighted by molar-refractivity contribution is -0.136. The first kappa shape index (κ1) is 20.3. The number of halogens is 1. The summed E-state index contributed by atoms with van der Waals surface area (Å²) in [6, 6.07) is 15.5. The predicted molar refractivity (Wildman–Crippen MR) is 111 cm³/mol. The Morgan fingerprint density at radius 1 is 1.28 bits per heavy atom. The SMILES string of the molecule is C=CCN=C1NC(c2cccc(F)c2)C(C(=O)OC)=C(C)N1Cc1ccccc1. The molecule has 1 heterocycles. The lowest BCUT2D eigenvalue weighted by atomic mass is 9.94. The van der Waals surface area contributed by atoms with E-state index in [0.717, 1.165) is 5.56 Å². The molecule has 3 rings (SSSR count). The van der Waals surface area contributed by atoms with Crippen LogP contribution in [0.25, 0.3) is 0 Å². The minimum Gasteiger partial charge on any atom is -0.466 e. The summed E-state index contributed by atoms with van der Waals surface area (Å²) < 4.78 is 18.9. The first-order valence-electron chi connectivity index (χ1n) is 9.33. The van der Waals surface area contributed by atoms with Crippen molar-refractivity contribution in [2.24, 2.45) is 4.99 Å². The Labute approximate surface area is 170 Å². The van der Waals surface area contributed by atoms with Gasteiger partial charge >= 0.3 is 5.97 Å². The van der Waals surface area contributed by atoms with Crippen LogP contribution in [0.15, 0.2) is 83.5 Å². The highest BCUT2D eigenvalue weighted by atomic mass is 19.1. The molecule has 0 aromatic heterocycles. The zero-order valence-corrected chi connectivity index (χ0v) is 16.6. The summed E-state index contributed by atoms with van der Waals surface area (Å²) in [6.07, 6.45) is 1.70. The number of aliphatic imine (C=N–C) groups is 1. The molecule has 0 bridgehead atoms. The van der Waals surface area contributed by atoms with E-state index in [0.29, 0.717) is 35.9 Å². The molecule has 1 unspecified atom stereocenters. The van der Waals surface area contributed by atoms with Gasteiger partial charge in [0.05, 0.1) is 31.8 Å². The number of methoxy groups -OCH3 is 1. The highest BCUT2D eigenvalue weighted by Crippen LogP contribution is 2.32. The minimum atomic E-state index is -0.575. The first-order valence-corrected chi connectivity index (χ1v) is 9.33. The second-order valence-corrected chi connectivity index (χ2v) is 6.65. The molecule has 29 heavy (non-hydrogen) atoms. The third-order valence-corrected chi connectivity index (χ3v) is 4.75. The Morgan fingerprint density at radius 2 is 2.03 bits per heavy atom. The molecule has 1 aliphatic heterocycles. The molecule has 2 aromatic rings. The topological polar surface area (TPSA) is 53.9 Å². The van der Waals surface area contributed by atoms with E-state index in [1.807, 2.05) is 42.2 Å². The van der Waals surface area contributed by atoms with Crippen LogP contribution in [-0.4, -0.2) is 30.5 Å². The molecule has 0 radical (unpaired) electrons. The number of guanidine groups is 1. The quantitative estimate of drug-likeness (QED) is 0.596. The number of rotatable bonds is 6. The Balaban J connectivity index is 2.12. The third kappa shape index (κ3) is 4.54. The number of hydrogen-bond donors (Lipinski definition) is 1. The van der Waals surface area contributed by atoms with Crippen molar-refractivity contribution in [1.82, 2.24) is 10.2 Å². The zero-order valence-electron chi connectivity index (χ0n) is 16.6. The van der Waals surface area contributed by atoms with Crippen molar-refractivity contribution < 1.29 is 13.9 Å². The fourth-order valence-electron chi connectivity index (χ4n) is 3.35. The Morgan fingerprint density at radius 3 is 2.69 bits per heavy atom. The molecule has 150 valence electrons. The van der Waals surface area contributed by atoms with Gasteiger partial charge in [-0.15, -0.1) is 6.58 Å². The minimum absolute atomic E-state index is 0.373. The molecule has 0 spiro atoms. The summed E-state index contributed by atoms with van der Waals surface area (Å²) in [5.41, 5.74) is 2.81. The molecule has 5 nitrogen and oxygen atoms in total. The lowest BCUT2D eigenvalue weighted by Crippen LogP contribution is -2.48. The Kier molecular flexibility index (Phi) is 6.44. The van der Waals surface area contributed by atoms with Crippen LogP contribution in [0.2, 0.25) is 0 Å². The summed E-state index contributed by atoms with van der Waals surface area (Å²) in [4.78, 5) is 19.2. The number of ether oxygens (including phenoxy) is 1. The first-order chi connectivity index (χ1) is 14.0. The van der Waals surface area contributed by atoms with Crippen molar-refractivity contribution >= 4 is 11.9 Å². The number of carbonyl (C=O) groups is 1. The second kappa shape index (κ2) is 9.19. The molecule has 6 heteroatoms. The van der Waals surface area contributed by atoms with Gasteiger partial charge in [-0.05, 0) is 30.2 Å². The van der Waals surface area contributed by atoms with Crippen LogP contribution in [0.1, 0.15) is 24.1 Å². The normalized spacial score (nSPS) is 17.8. The van der Waals surface area contributed by atoms with Crippen molar-refractivity contribution in [2.75, 3.05) is 13.7 Å². The zero-order chi connectivity index (χ0) is 20.8. The van der Waals surface area contributed by atoms with Gasteiger partial charge in [0, 0.05) is 5.70 Å². The summed E-state index contributed by atoms with van der Waals surface area (Å²) in [7, 11) is 1.34. The molecule has 1 atom stereocenters. The van der Waals surface area contributed by atoms with Crippen molar-refractivity contribution in [1.29, 1.82) is 0 Å².